The fourth-order valence-corrected chi connectivity index (χ4v) is 9.63. The smallest absolute Gasteiger partial charge is 0.255 e. The Morgan fingerprint density at radius 3 is 1.41 bits per heavy atom. The van der Waals surface area contributed by atoms with Gasteiger partial charge in [-0.2, -0.15) is 0 Å². The summed E-state index contributed by atoms with van der Waals surface area (Å²) in [6.45, 7) is 12.5. The molecule has 4 aliphatic carbocycles. The number of amides is 4. The van der Waals surface area contributed by atoms with Crippen molar-refractivity contribution in [3.8, 4) is 0 Å². The summed E-state index contributed by atoms with van der Waals surface area (Å²) in [5.74, 6) is 0.889. The molecule has 7 heteroatoms. The monoisotopic (exact) mass is 466 g/mol. The predicted molar refractivity (Wildman–Crippen MR) is 128 cm³/mol. The minimum atomic E-state index is -0.458. The highest BCUT2D eigenvalue weighted by molar-refractivity contribution is 6.47. The zero-order valence-corrected chi connectivity index (χ0v) is 21.5. The molecule has 0 aromatic rings. The average Bonchev–Trinajstić information content (AvgIpc) is 3.62. The zero-order chi connectivity index (χ0) is 24.5. The fourth-order valence-electron chi connectivity index (χ4n) is 9.63. The maximum Gasteiger partial charge on any atom is 0.255 e. The summed E-state index contributed by atoms with van der Waals surface area (Å²) in [6, 6.07) is 0. The van der Waals surface area contributed by atoms with Gasteiger partial charge in [-0.1, -0.05) is 40.5 Å². The van der Waals surface area contributed by atoms with E-state index in [1.165, 1.54) is 0 Å². The number of likely N-dealkylation sites (tertiary alicyclic amines) is 1. The largest absolute Gasteiger partial charge is 0.332 e. The van der Waals surface area contributed by atoms with Gasteiger partial charge in [0, 0.05) is 5.54 Å². The van der Waals surface area contributed by atoms with E-state index >= 15 is 0 Å². The number of imide groups is 2. The maximum absolute atomic E-state index is 13.6. The molecule has 4 saturated carbocycles. The first-order valence-corrected chi connectivity index (χ1v) is 13.7. The Kier molecular flexibility index (Phi) is 4.67. The lowest BCUT2D eigenvalue weighted by Crippen LogP contribution is -2.48. The number of hydrogen-bond donors (Lipinski definition) is 0. The first-order chi connectivity index (χ1) is 16.0. The highest BCUT2D eigenvalue weighted by atomic mass is 16.2. The van der Waals surface area contributed by atoms with E-state index in [-0.39, 0.29) is 76.3 Å². The van der Waals surface area contributed by atoms with E-state index in [2.05, 4.69) is 20.8 Å². The van der Waals surface area contributed by atoms with Crippen LogP contribution in [0.25, 0.3) is 0 Å². The van der Waals surface area contributed by atoms with E-state index < -0.39 is 5.54 Å². The topological polar surface area (TPSA) is 74.8 Å². The van der Waals surface area contributed by atoms with Gasteiger partial charge in [-0.15, -0.1) is 0 Å². The van der Waals surface area contributed by atoms with Crippen LogP contribution >= 0.6 is 0 Å². The molecule has 6 fully saturated rings. The molecule has 6 aliphatic rings. The van der Waals surface area contributed by atoms with Crippen LogP contribution in [-0.4, -0.2) is 46.3 Å². The summed E-state index contributed by atoms with van der Waals surface area (Å²) >= 11 is 0. The third kappa shape index (κ3) is 2.49. The molecule has 10 atom stereocenters. The summed E-state index contributed by atoms with van der Waals surface area (Å²) in [6.07, 6.45) is 4.50. The van der Waals surface area contributed by atoms with Crippen LogP contribution in [0, 0.1) is 59.2 Å². The Hall–Kier alpha value is -1.66. The van der Waals surface area contributed by atoms with Gasteiger partial charge in [0.2, 0.25) is 23.6 Å². The molecular weight excluding hydrogens is 427 g/mol. The van der Waals surface area contributed by atoms with Crippen LogP contribution in [0.1, 0.15) is 73.6 Å². The minimum absolute atomic E-state index is 0.0317. The summed E-state index contributed by atoms with van der Waals surface area (Å²) in [5.41, 5.74) is -0.458. The second kappa shape index (κ2) is 6.97. The molecule has 6 nitrogen and oxygen atoms in total. The molecule has 0 aromatic carbocycles. The molecule has 2 saturated heterocycles. The molecule has 2 aliphatic heterocycles. The number of carbonyl (C=O) groups excluding carboxylic acids is 4. The molecule has 0 aromatic heterocycles. The van der Waals surface area contributed by atoms with Gasteiger partial charge in [-0.3, -0.25) is 24.1 Å². The van der Waals surface area contributed by atoms with Crippen molar-refractivity contribution in [1.82, 2.24) is 9.71 Å². The average molecular weight is 466 g/mol. The lowest BCUT2D eigenvalue weighted by molar-refractivity contribution is -0.147. The third-order valence-electron chi connectivity index (χ3n) is 12.0. The second-order valence-electron chi connectivity index (χ2n) is 13.3. The third-order valence-corrected chi connectivity index (χ3v) is 12.0. The molecule has 184 valence electrons. The number of carbonyl (C=O) groups is 4. The molecule has 4 amide bonds. The van der Waals surface area contributed by atoms with E-state index in [1.807, 2.05) is 20.8 Å². The maximum atomic E-state index is 13.6. The van der Waals surface area contributed by atoms with Crippen LogP contribution in [0.4, 0.5) is 0 Å². The summed E-state index contributed by atoms with van der Waals surface area (Å²) in [4.78, 5) is 57.6. The number of nitrogens with zero attached hydrogens (tertiary/aromatic N) is 2. The standard InChI is InChI=1S/C27H39BN2O4/c1-7-26(4,5)29-22(31)18-12-10-13(19(18)23(29)32)17-15-11-14(16(12)17)20-21(15)25(34)30(24(20)33)28-27(6,8-2)9-3/h12-21,28H,7-11H2,1-6H3/t12-,13+,14-,15+,16?,17?,18-,19+,20-,21+. The van der Waals surface area contributed by atoms with Gasteiger partial charge >= 0.3 is 0 Å². The Balaban J connectivity index is 1.30. The van der Waals surface area contributed by atoms with Gasteiger partial charge in [-0.05, 0) is 73.9 Å². The number of fused-ring (bicyclic) bond motifs is 15. The van der Waals surface area contributed by atoms with Crippen molar-refractivity contribution in [1.29, 1.82) is 0 Å². The Bertz CT molecular complexity index is 931. The van der Waals surface area contributed by atoms with E-state index in [0.29, 0.717) is 19.3 Å². The van der Waals surface area contributed by atoms with E-state index in [9.17, 15) is 19.2 Å². The van der Waals surface area contributed by atoms with Crippen molar-refractivity contribution in [2.24, 2.45) is 59.2 Å². The molecule has 6 rings (SSSR count). The minimum Gasteiger partial charge on any atom is -0.332 e. The van der Waals surface area contributed by atoms with Crippen LogP contribution in [0.5, 0.6) is 0 Å². The van der Waals surface area contributed by atoms with Crippen LogP contribution < -0.4 is 0 Å². The quantitative estimate of drug-likeness (QED) is 0.342. The van der Waals surface area contributed by atoms with Gasteiger partial charge in [0.25, 0.3) is 7.41 Å². The Morgan fingerprint density at radius 1 is 0.676 bits per heavy atom. The SMILES string of the molecule is CCC(C)(BN1C(=O)[C@@H]2[C@H](C1=O)[C@@H]1C[C@H]2C2C1[C@H]1C[C@@H]2[C@@H]2C(=O)N(C(C)(C)CC)C(=O)[C@@H]21)CC. The summed E-state index contributed by atoms with van der Waals surface area (Å²) in [7, 11) is 0.523. The normalized spacial score (nSPS) is 44.4. The van der Waals surface area contributed by atoms with Crippen molar-refractivity contribution < 1.29 is 19.2 Å². The van der Waals surface area contributed by atoms with E-state index in [0.717, 1.165) is 32.1 Å². The van der Waals surface area contributed by atoms with Gasteiger partial charge in [-0.25, -0.2) is 0 Å². The molecule has 2 unspecified atom stereocenters. The molecule has 4 bridgehead atoms. The fraction of sp³-hybridized carbons (Fsp3) is 0.852. The van der Waals surface area contributed by atoms with E-state index in [4.69, 9.17) is 0 Å². The second-order valence-corrected chi connectivity index (χ2v) is 13.3. The lowest BCUT2D eigenvalue weighted by atomic mass is 9.57. The molecular formula is C27H39BN2O4. The van der Waals surface area contributed by atoms with Crippen molar-refractivity contribution in [2.45, 2.75) is 84.5 Å². The van der Waals surface area contributed by atoms with Gasteiger partial charge < -0.3 is 4.81 Å². The highest BCUT2D eigenvalue weighted by Gasteiger charge is 2.77. The first-order valence-electron chi connectivity index (χ1n) is 13.7. The molecule has 0 N–H and O–H groups in total. The van der Waals surface area contributed by atoms with Gasteiger partial charge in [0.15, 0.2) is 0 Å². The van der Waals surface area contributed by atoms with Crippen LogP contribution in [-0.2, 0) is 19.2 Å². The van der Waals surface area contributed by atoms with Crippen LogP contribution in [0.15, 0.2) is 0 Å². The van der Waals surface area contributed by atoms with E-state index in [1.54, 1.807) is 9.71 Å². The zero-order valence-electron chi connectivity index (χ0n) is 21.5. The Labute approximate surface area is 203 Å². The van der Waals surface area contributed by atoms with Crippen LogP contribution in [0.3, 0.4) is 0 Å². The van der Waals surface area contributed by atoms with Crippen molar-refractivity contribution in [2.75, 3.05) is 0 Å². The molecule has 0 radical (unpaired) electrons. The van der Waals surface area contributed by atoms with Gasteiger partial charge in [0.1, 0.15) is 0 Å². The summed E-state index contributed by atoms with van der Waals surface area (Å²) < 4.78 is 0. The predicted octanol–water partition coefficient (Wildman–Crippen LogP) is 3.26. The lowest BCUT2D eigenvalue weighted by Gasteiger charge is -2.42. The van der Waals surface area contributed by atoms with Crippen molar-refractivity contribution in [3.63, 3.8) is 0 Å². The molecule has 2 heterocycles. The van der Waals surface area contributed by atoms with Gasteiger partial charge in [0.05, 0.1) is 23.7 Å². The first kappa shape index (κ1) is 22.8. The highest BCUT2D eigenvalue weighted by Crippen LogP contribution is 2.75. The van der Waals surface area contributed by atoms with Crippen molar-refractivity contribution in [3.05, 3.63) is 0 Å². The molecule has 0 spiro atoms. The Morgan fingerprint density at radius 2 is 1.06 bits per heavy atom. The number of rotatable bonds is 6. The van der Waals surface area contributed by atoms with Crippen molar-refractivity contribution >= 4 is 31.0 Å². The van der Waals surface area contributed by atoms with Crippen LogP contribution in [0.2, 0.25) is 5.31 Å². The molecule has 34 heavy (non-hydrogen) atoms. The summed E-state index contributed by atoms with van der Waals surface area (Å²) in [5, 5.41) is -0.0384. The number of hydrogen-bond acceptors (Lipinski definition) is 4.